The molecule has 0 spiro atoms. The van der Waals surface area contributed by atoms with Gasteiger partial charge in [0.2, 0.25) is 15.9 Å². The highest BCUT2D eigenvalue weighted by molar-refractivity contribution is 7.88. The molecule has 2 aliphatic rings. The van der Waals surface area contributed by atoms with Crippen LogP contribution in [-0.4, -0.2) is 49.7 Å². The number of nitrogens with one attached hydrogen (secondary N) is 1. The molecular weight excluding hydrogens is 442 g/mol. The van der Waals surface area contributed by atoms with Crippen LogP contribution in [0.2, 0.25) is 0 Å². The van der Waals surface area contributed by atoms with Crippen LogP contribution in [0.15, 0.2) is 54.6 Å². The molecule has 1 fully saturated rings. The molecule has 4 atom stereocenters. The first-order chi connectivity index (χ1) is 15.8. The number of benzene rings is 2. The number of primary amides is 1. The standard InChI is InChI=1S/C24H29N3O5S/c1-33(30,31)26-19-13-7-8-14-20(19)27-23(29)18-12-6-5-11-17(18)21(22(25)28)24(27)32-15-16-9-3-2-4-10-16/h2-6,9-12,19-21,24,26H,7-8,13-15H2,1H3,(H2,25,28). The van der Waals surface area contributed by atoms with Crippen LogP contribution in [0, 0.1) is 0 Å². The van der Waals surface area contributed by atoms with E-state index in [-0.39, 0.29) is 12.5 Å². The smallest absolute Gasteiger partial charge is 0.256 e. The molecule has 4 rings (SSSR count). The molecule has 33 heavy (non-hydrogen) atoms. The number of carbonyl (C=O) groups excluding carboxylic acids is 2. The van der Waals surface area contributed by atoms with Gasteiger partial charge in [-0.25, -0.2) is 13.1 Å². The lowest BCUT2D eigenvalue weighted by Crippen LogP contribution is -2.62. The Kier molecular flexibility index (Phi) is 6.83. The van der Waals surface area contributed by atoms with Crippen LogP contribution in [-0.2, 0) is 26.2 Å². The van der Waals surface area contributed by atoms with E-state index in [2.05, 4.69) is 4.72 Å². The minimum atomic E-state index is -3.50. The minimum absolute atomic E-state index is 0.179. The molecule has 3 N–H and O–H groups in total. The van der Waals surface area contributed by atoms with Crippen molar-refractivity contribution in [2.75, 3.05) is 6.26 Å². The minimum Gasteiger partial charge on any atom is -0.369 e. The van der Waals surface area contributed by atoms with Gasteiger partial charge < -0.3 is 15.4 Å². The molecule has 2 aromatic rings. The van der Waals surface area contributed by atoms with Gasteiger partial charge >= 0.3 is 0 Å². The summed E-state index contributed by atoms with van der Waals surface area (Å²) in [7, 11) is -3.50. The Morgan fingerprint density at radius 3 is 2.45 bits per heavy atom. The lowest BCUT2D eigenvalue weighted by molar-refractivity contribution is -0.134. The Balaban J connectivity index is 1.76. The Bertz CT molecular complexity index is 1120. The fourth-order valence-electron chi connectivity index (χ4n) is 4.95. The maximum atomic E-state index is 13.7. The Labute approximate surface area is 194 Å². The molecule has 8 nitrogen and oxygen atoms in total. The van der Waals surface area contributed by atoms with Crippen molar-refractivity contribution in [3.63, 3.8) is 0 Å². The van der Waals surface area contributed by atoms with E-state index >= 15 is 0 Å². The predicted molar refractivity (Wildman–Crippen MR) is 124 cm³/mol. The van der Waals surface area contributed by atoms with Gasteiger partial charge in [0.25, 0.3) is 5.91 Å². The molecule has 0 saturated heterocycles. The maximum Gasteiger partial charge on any atom is 0.256 e. The maximum absolute atomic E-state index is 13.7. The Morgan fingerprint density at radius 1 is 1.09 bits per heavy atom. The first-order valence-corrected chi connectivity index (χ1v) is 13.0. The van der Waals surface area contributed by atoms with Crippen molar-refractivity contribution in [3.05, 3.63) is 71.3 Å². The molecule has 0 aromatic heterocycles. The lowest BCUT2D eigenvalue weighted by Gasteiger charge is -2.48. The molecule has 1 aliphatic heterocycles. The van der Waals surface area contributed by atoms with E-state index in [0.29, 0.717) is 24.0 Å². The molecule has 176 valence electrons. The molecule has 2 amide bonds. The molecule has 2 aromatic carbocycles. The van der Waals surface area contributed by atoms with Gasteiger partial charge in [0.1, 0.15) is 12.1 Å². The van der Waals surface area contributed by atoms with Gasteiger partial charge in [-0.1, -0.05) is 61.4 Å². The molecule has 0 radical (unpaired) electrons. The molecule has 0 bridgehead atoms. The number of fused-ring (bicyclic) bond motifs is 1. The van der Waals surface area contributed by atoms with E-state index in [0.717, 1.165) is 24.7 Å². The largest absolute Gasteiger partial charge is 0.369 e. The van der Waals surface area contributed by atoms with Crippen LogP contribution in [0.25, 0.3) is 0 Å². The number of nitrogens with zero attached hydrogens (tertiary/aromatic N) is 1. The second-order valence-corrected chi connectivity index (χ2v) is 10.5. The van der Waals surface area contributed by atoms with E-state index in [4.69, 9.17) is 10.5 Å². The Hall–Kier alpha value is -2.75. The third-order valence-electron chi connectivity index (χ3n) is 6.34. The van der Waals surface area contributed by atoms with Crippen molar-refractivity contribution in [2.45, 2.75) is 56.5 Å². The fraction of sp³-hybridized carbons (Fsp3) is 0.417. The quantitative estimate of drug-likeness (QED) is 0.641. The van der Waals surface area contributed by atoms with Gasteiger partial charge in [-0.05, 0) is 30.0 Å². The summed E-state index contributed by atoms with van der Waals surface area (Å²) in [5.41, 5.74) is 7.66. The molecule has 9 heteroatoms. The van der Waals surface area contributed by atoms with Gasteiger partial charge in [0.05, 0.1) is 18.9 Å². The number of ether oxygens (including phenoxy) is 1. The van der Waals surface area contributed by atoms with Crippen molar-refractivity contribution in [1.29, 1.82) is 0 Å². The zero-order valence-corrected chi connectivity index (χ0v) is 19.3. The zero-order chi connectivity index (χ0) is 23.6. The number of hydrogen-bond acceptors (Lipinski definition) is 5. The molecule has 4 unspecified atom stereocenters. The van der Waals surface area contributed by atoms with Gasteiger partial charge in [-0.3, -0.25) is 9.59 Å². The van der Waals surface area contributed by atoms with Crippen LogP contribution < -0.4 is 10.5 Å². The molecule has 1 saturated carbocycles. The second-order valence-electron chi connectivity index (χ2n) is 8.72. The van der Waals surface area contributed by atoms with Crippen molar-refractivity contribution in [3.8, 4) is 0 Å². The highest BCUT2D eigenvalue weighted by Gasteiger charge is 2.48. The predicted octanol–water partition coefficient (Wildman–Crippen LogP) is 2.11. The molecule has 1 aliphatic carbocycles. The van der Waals surface area contributed by atoms with E-state index in [1.807, 2.05) is 30.3 Å². The van der Waals surface area contributed by atoms with E-state index in [9.17, 15) is 18.0 Å². The average molecular weight is 472 g/mol. The number of sulfonamides is 1. The summed E-state index contributed by atoms with van der Waals surface area (Å²) in [5, 5.41) is 0. The summed E-state index contributed by atoms with van der Waals surface area (Å²) in [5.74, 6) is -1.75. The summed E-state index contributed by atoms with van der Waals surface area (Å²) >= 11 is 0. The third-order valence-corrected chi connectivity index (χ3v) is 7.07. The highest BCUT2D eigenvalue weighted by atomic mass is 32.2. The van der Waals surface area contributed by atoms with E-state index < -0.39 is 40.2 Å². The van der Waals surface area contributed by atoms with E-state index in [1.165, 1.54) is 0 Å². The van der Waals surface area contributed by atoms with Crippen molar-refractivity contribution in [2.24, 2.45) is 5.73 Å². The van der Waals surface area contributed by atoms with E-state index in [1.54, 1.807) is 29.2 Å². The van der Waals surface area contributed by atoms with Gasteiger partial charge in [0, 0.05) is 11.6 Å². The van der Waals surface area contributed by atoms with Gasteiger partial charge in [-0.2, -0.15) is 0 Å². The van der Waals surface area contributed by atoms with Crippen LogP contribution in [0.5, 0.6) is 0 Å². The number of rotatable bonds is 7. The van der Waals surface area contributed by atoms with Gasteiger partial charge in [-0.15, -0.1) is 0 Å². The summed E-state index contributed by atoms with van der Waals surface area (Å²) in [6.45, 7) is 0.179. The summed E-state index contributed by atoms with van der Waals surface area (Å²) in [6, 6.07) is 15.4. The van der Waals surface area contributed by atoms with Crippen LogP contribution in [0.1, 0.15) is 53.1 Å². The first-order valence-electron chi connectivity index (χ1n) is 11.1. The number of hydrogen-bond donors (Lipinski definition) is 2. The number of carbonyl (C=O) groups is 2. The van der Waals surface area contributed by atoms with Crippen molar-refractivity contribution in [1.82, 2.24) is 9.62 Å². The van der Waals surface area contributed by atoms with Crippen molar-refractivity contribution >= 4 is 21.8 Å². The lowest BCUT2D eigenvalue weighted by atomic mass is 9.82. The first kappa shape index (κ1) is 23.4. The normalized spacial score (nSPS) is 25.5. The van der Waals surface area contributed by atoms with Crippen LogP contribution in [0.3, 0.4) is 0 Å². The zero-order valence-electron chi connectivity index (χ0n) is 18.5. The van der Waals surface area contributed by atoms with Crippen LogP contribution >= 0.6 is 0 Å². The highest BCUT2D eigenvalue weighted by Crippen LogP contribution is 2.38. The summed E-state index contributed by atoms with van der Waals surface area (Å²) in [4.78, 5) is 28.0. The fourth-order valence-corrected chi connectivity index (χ4v) is 5.78. The molecule has 1 heterocycles. The monoisotopic (exact) mass is 471 g/mol. The topological polar surface area (TPSA) is 119 Å². The number of nitrogens with two attached hydrogens (primary N) is 1. The second kappa shape index (κ2) is 9.62. The third kappa shape index (κ3) is 5.10. The molecular formula is C24H29N3O5S. The Morgan fingerprint density at radius 2 is 1.76 bits per heavy atom. The van der Waals surface area contributed by atoms with Gasteiger partial charge in [0.15, 0.2) is 0 Å². The summed E-state index contributed by atoms with van der Waals surface area (Å²) < 4.78 is 33.0. The number of amides is 2. The van der Waals surface area contributed by atoms with Crippen LogP contribution in [0.4, 0.5) is 0 Å². The van der Waals surface area contributed by atoms with Crippen molar-refractivity contribution < 1.29 is 22.7 Å². The average Bonchev–Trinajstić information content (AvgIpc) is 2.78. The SMILES string of the molecule is CS(=O)(=O)NC1CCCCC1N1C(=O)c2ccccc2C(C(N)=O)C1OCc1ccccc1. The summed E-state index contributed by atoms with van der Waals surface area (Å²) in [6.07, 6.45) is 3.04.